The van der Waals surface area contributed by atoms with Crippen molar-refractivity contribution < 1.29 is 34.1 Å². The van der Waals surface area contributed by atoms with Gasteiger partial charge < -0.3 is 19.7 Å². The zero-order chi connectivity index (χ0) is 25.6. The van der Waals surface area contributed by atoms with Crippen molar-refractivity contribution in [2.24, 2.45) is 0 Å². The van der Waals surface area contributed by atoms with E-state index in [4.69, 9.17) is 26.2 Å². The number of aryl methyl sites for hydroxylation is 1. The van der Waals surface area contributed by atoms with Crippen LogP contribution in [-0.2, 0) is 20.8 Å². The molecule has 3 aromatic carbocycles. The van der Waals surface area contributed by atoms with E-state index in [0.717, 1.165) is 5.56 Å². The molecule has 2 aliphatic heterocycles. The number of amides is 1. The molecular formula is C27H20ClNO7. The lowest BCUT2D eigenvalue weighted by Gasteiger charge is -2.26. The van der Waals surface area contributed by atoms with Crippen LogP contribution in [0.2, 0.25) is 5.02 Å². The van der Waals surface area contributed by atoms with Crippen molar-refractivity contribution in [3.8, 4) is 11.5 Å². The fourth-order valence-electron chi connectivity index (χ4n) is 4.46. The molecule has 0 spiro atoms. The molecular weight excluding hydrogens is 486 g/mol. The number of rotatable bonds is 5. The number of aliphatic carboxylic acids is 1. The highest BCUT2D eigenvalue weighted by atomic mass is 35.5. The average molecular weight is 506 g/mol. The van der Waals surface area contributed by atoms with Gasteiger partial charge in [-0.2, -0.15) is 0 Å². The van der Waals surface area contributed by atoms with E-state index in [1.165, 1.54) is 4.90 Å². The van der Waals surface area contributed by atoms with Crippen molar-refractivity contribution in [3.63, 3.8) is 0 Å². The summed E-state index contributed by atoms with van der Waals surface area (Å²) in [5.41, 5.74) is 2.48. The summed E-state index contributed by atoms with van der Waals surface area (Å²) in [5, 5.41) is 20.6. The summed E-state index contributed by atoms with van der Waals surface area (Å²) >= 11 is 6.43. The summed E-state index contributed by atoms with van der Waals surface area (Å²) in [7, 11) is 0. The van der Waals surface area contributed by atoms with Gasteiger partial charge in [0.25, 0.3) is 11.7 Å². The Kier molecular flexibility index (Phi) is 5.89. The number of aliphatic hydroxyl groups excluding tert-OH is 1. The maximum atomic E-state index is 13.3. The first kappa shape index (κ1) is 23.4. The van der Waals surface area contributed by atoms with Crippen molar-refractivity contribution in [1.82, 2.24) is 0 Å². The number of ether oxygens (including phenoxy) is 2. The van der Waals surface area contributed by atoms with Crippen LogP contribution in [0.25, 0.3) is 5.76 Å². The number of ketones is 1. The Morgan fingerprint density at radius 1 is 1.06 bits per heavy atom. The van der Waals surface area contributed by atoms with Crippen molar-refractivity contribution in [2.75, 3.05) is 11.7 Å². The maximum Gasteiger partial charge on any atom is 0.307 e. The molecule has 0 aliphatic carbocycles. The minimum atomic E-state index is -1.03. The molecule has 1 saturated heterocycles. The molecule has 0 radical (unpaired) electrons. The number of carbonyl (C=O) groups is 3. The molecule has 0 unspecified atom stereocenters. The molecule has 182 valence electrons. The molecule has 2 aliphatic rings. The second-order valence-corrected chi connectivity index (χ2v) is 8.92. The van der Waals surface area contributed by atoms with Gasteiger partial charge in [-0.05, 0) is 48.4 Å². The highest BCUT2D eigenvalue weighted by molar-refractivity contribution is 6.51. The molecule has 0 aromatic heterocycles. The van der Waals surface area contributed by atoms with Crippen molar-refractivity contribution in [1.29, 1.82) is 0 Å². The van der Waals surface area contributed by atoms with Gasteiger partial charge in [0.2, 0.25) is 6.79 Å². The van der Waals surface area contributed by atoms with Gasteiger partial charge in [0, 0.05) is 11.3 Å². The molecule has 2 N–H and O–H groups in total. The number of fused-ring (bicyclic) bond motifs is 1. The minimum absolute atomic E-state index is 0.0208. The topological polar surface area (TPSA) is 113 Å². The lowest BCUT2D eigenvalue weighted by molar-refractivity contribution is -0.136. The second kappa shape index (κ2) is 9.05. The SMILES string of the molecule is Cc1cccc(/C(O)=C2\C(=O)C(=O)N(c3ccc(CC(=O)O)cc3)[C@H]2c2cc(Cl)c3c(c2)OCO3)c1. The van der Waals surface area contributed by atoms with Gasteiger partial charge in [0.1, 0.15) is 5.76 Å². The number of hydrogen-bond acceptors (Lipinski definition) is 6. The van der Waals surface area contributed by atoms with E-state index < -0.39 is 23.7 Å². The smallest absolute Gasteiger partial charge is 0.307 e. The third-order valence-electron chi connectivity index (χ3n) is 6.07. The quantitative estimate of drug-likeness (QED) is 0.295. The number of hydrogen-bond donors (Lipinski definition) is 2. The number of aliphatic hydroxyl groups is 1. The summed E-state index contributed by atoms with van der Waals surface area (Å²) in [6.07, 6.45) is -0.187. The van der Waals surface area contributed by atoms with Crippen LogP contribution in [0.4, 0.5) is 5.69 Å². The first-order valence-corrected chi connectivity index (χ1v) is 11.4. The third-order valence-corrected chi connectivity index (χ3v) is 6.35. The van der Waals surface area contributed by atoms with E-state index in [1.54, 1.807) is 54.6 Å². The third kappa shape index (κ3) is 4.05. The van der Waals surface area contributed by atoms with Gasteiger partial charge in [-0.15, -0.1) is 0 Å². The van der Waals surface area contributed by atoms with Gasteiger partial charge in [-0.3, -0.25) is 19.3 Å². The number of carboxylic acids is 1. The Morgan fingerprint density at radius 2 is 1.81 bits per heavy atom. The summed E-state index contributed by atoms with van der Waals surface area (Å²) < 4.78 is 10.9. The minimum Gasteiger partial charge on any atom is -0.507 e. The maximum absolute atomic E-state index is 13.3. The number of Topliss-reactive ketones (excluding diaryl/α,β-unsaturated/α-hetero) is 1. The van der Waals surface area contributed by atoms with Crippen LogP contribution in [0.3, 0.4) is 0 Å². The van der Waals surface area contributed by atoms with Gasteiger partial charge in [0.15, 0.2) is 11.5 Å². The first-order chi connectivity index (χ1) is 17.2. The number of benzene rings is 3. The van der Waals surface area contributed by atoms with Crippen molar-refractivity contribution >= 4 is 40.7 Å². The van der Waals surface area contributed by atoms with Crippen molar-refractivity contribution in [2.45, 2.75) is 19.4 Å². The lowest BCUT2D eigenvalue weighted by atomic mass is 9.94. The zero-order valence-corrected chi connectivity index (χ0v) is 19.8. The summed E-state index contributed by atoms with van der Waals surface area (Å²) in [5.74, 6) is -2.29. The van der Waals surface area contributed by atoms with Crippen LogP contribution in [0, 0.1) is 6.92 Å². The zero-order valence-electron chi connectivity index (χ0n) is 19.0. The molecule has 36 heavy (non-hydrogen) atoms. The molecule has 1 atom stereocenters. The molecule has 0 bridgehead atoms. The Morgan fingerprint density at radius 3 is 2.50 bits per heavy atom. The molecule has 2 heterocycles. The van der Waals surface area contributed by atoms with Gasteiger partial charge in [0.05, 0.1) is 23.1 Å². The Labute approximate surface area is 210 Å². The van der Waals surface area contributed by atoms with E-state index in [-0.39, 0.29) is 29.6 Å². The average Bonchev–Trinajstić information content (AvgIpc) is 3.42. The molecule has 3 aromatic rings. The fraction of sp³-hybridized carbons (Fsp3) is 0.148. The lowest BCUT2D eigenvalue weighted by Crippen LogP contribution is -2.29. The highest BCUT2D eigenvalue weighted by Gasteiger charge is 2.47. The van der Waals surface area contributed by atoms with Gasteiger partial charge >= 0.3 is 5.97 Å². The molecule has 9 heteroatoms. The fourth-order valence-corrected chi connectivity index (χ4v) is 4.73. The normalized spacial score (nSPS) is 18.1. The number of carboxylic acid groups (broad SMARTS) is 1. The van der Waals surface area contributed by atoms with Gasteiger partial charge in [-0.1, -0.05) is 47.5 Å². The van der Waals surface area contributed by atoms with E-state index in [1.807, 2.05) is 13.0 Å². The predicted molar refractivity (Wildman–Crippen MR) is 131 cm³/mol. The van der Waals surface area contributed by atoms with Crippen LogP contribution in [0.5, 0.6) is 11.5 Å². The number of anilines is 1. The van der Waals surface area contributed by atoms with Gasteiger partial charge in [-0.25, -0.2) is 0 Å². The predicted octanol–water partition coefficient (Wildman–Crippen LogP) is 4.63. The second-order valence-electron chi connectivity index (χ2n) is 8.51. The number of nitrogens with zero attached hydrogens (tertiary/aromatic N) is 1. The van der Waals surface area contributed by atoms with E-state index in [2.05, 4.69) is 0 Å². The van der Waals surface area contributed by atoms with Crippen LogP contribution in [0.1, 0.15) is 28.3 Å². The Balaban J connectivity index is 1.70. The Hall–Kier alpha value is -4.30. The number of carbonyl (C=O) groups excluding carboxylic acids is 2. The molecule has 5 rings (SSSR count). The largest absolute Gasteiger partial charge is 0.507 e. The van der Waals surface area contributed by atoms with Crippen LogP contribution in [-0.4, -0.2) is 34.7 Å². The Bertz CT molecular complexity index is 1440. The molecule has 0 saturated carbocycles. The monoisotopic (exact) mass is 505 g/mol. The van der Waals surface area contributed by atoms with Crippen LogP contribution in [0.15, 0.2) is 66.2 Å². The number of halogens is 1. The highest BCUT2D eigenvalue weighted by Crippen LogP contribution is 2.47. The van der Waals surface area contributed by atoms with E-state index in [0.29, 0.717) is 33.9 Å². The van der Waals surface area contributed by atoms with Crippen LogP contribution >= 0.6 is 11.6 Å². The van der Waals surface area contributed by atoms with Crippen molar-refractivity contribution in [3.05, 3.63) is 93.5 Å². The van der Waals surface area contributed by atoms with E-state index in [9.17, 15) is 19.5 Å². The van der Waals surface area contributed by atoms with Crippen LogP contribution < -0.4 is 14.4 Å². The molecule has 1 fully saturated rings. The first-order valence-electron chi connectivity index (χ1n) is 11.0. The molecule has 1 amide bonds. The standard InChI is InChI=1S/C27H20ClNO7/c1-14-3-2-4-16(9-14)24(32)22-23(17-11-19(28)26-20(12-17)35-13-36-26)29(27(34)25(22)33)18-7-5-15(6-8-18)10-21(30)31/h2-9,11-12,23,32H,10,13H2,1H3,(H,30,31)/b24-22+/t23-/m0/s1. The van der Waals surface area contributed by atoms with E-state index >= 15 is 0 Å². The summed E-state index contributed by atoms with van der Waals surface area (Å²) in [6, 6.07) is 15.4. The summed E-state index contributed by atoms with van der Waals surface area (Å²) in [4.78, 5) is 39.0. The molecule has 8 nitrogen and oxygen atoms in total. The summed E-state index contributed by atoms with van der Waals surface area (Å²) in [6.45, 7) is 1.83.